The molecule has 2 aliphatic rings. The second kappa shape index (κ2) is 12.0. The van der Waals surface area contributed by atoms with Gasteiger partial charge >= 0.3 is 5.97 Å². The fourth-order valence-electron chi connectivity index (χ4n) is 4.45. The van der Waals surface area contributed by atoms with E-state index in [0.29, 0.717) is 18.7 Å². The van der Waals surface area contributed by atoms with Gasteiger partial charge in [-0.2, -0.15) is 35.4 Å². The van der Waals surface area contributed by atoms with Crippen molar-refractivity contribution < 1.29 is 52.1 Å². The summed E-state index contributed by atoms with van der Waals surface area (Å²) in [5.41, 5.74) is 7.76. The Morgan fingerprint density at radius 2 is 2.00 bits per heavy atom. The molecule has 8 nitrogen and oxygen atoms in total. The molecule has 0 saturated carbocycles. The topological polar surface area (TPSA) is 94.5 Å². The Balaban J connectivity index is 0.00000324. The molecule has 0 aliphatic carbocycles. The number of hydrogen-bond donors (Lipinski definition) is 2. The zero-order valence-corrected chi connectivity index (χ0v) is 22.4. The molecule has 2 aliphatic heterocycles. The summed E-state index contributed by atoms with van der Waals surface area (Å²) in [6, 6.07) is 16.9. The van der Waals surface area contributed by atoms with Crippen LogP contribution in [0.2, 0.25) is 0 Å². The smallest absolute Gasteiger partial charge is 0.329 e. The van der Waals surface area contributed by atoms with Crippen LogP contribution in [0.3, 0.4) is 0 Å². The fourth-order valence-corrected chi connectivity index (χ4v) is 4.45. The molecule has 1 radical (unpaired) electrons. The number of hydrazone groups is 1. The normalized spacial score (nSPS) is 20.1. The van der Waals surface area contributed by atoms with E-state index < -0.39 is 5.97 Å². The third kappa shape index (κ3) is 6.30. The minimum absolute atomic E-state index is 0. The average Bonchev–Trinajstić information content (AvgIpc) is 3.41. The summed E-state index contributed by atoms with van der Waals surface area (Å²) in [5.74, 6) is -1.24. The second-order valence-electron chi connectivity index (χ2n) is 8.57. The second-order valence-corrected chi connectivity index (χ2v) is 8.57. The molecule has 2 N–H and O–H groups in total. The van der Waals surface area contributed by atoms with Crippen molar-refractivity contribution in [1.82, 2.24) is 10.4 Å². The van der Waals surface area contributed by atoms with Crippen molar-refractivity contribution in [3.8, 4) is 0 Å². The zero-order valence-electron chi connectivity index (χ0n) is 19.5. The predicted molar refractivity (Wildman–Crippen MR) is 125 cm³/mol. The largest absolute Gasteiger partial charge is 0.480 e. The van der Waals surface area contributed by atoms with E-state index in [4.69, 9.17) is 14.9 Å². The summed E-state index contributed by atoms with van der Waals surface area (Å²) in [6.07, 6.45) is 2.23. The van der Waals surface area contributed by atoms with Crippen molar-refractivity contribution in [3.05, 3.63) is 65.2 Å². The Bertz CT molecular complexity index is 1050. The molecule has 1 saturated heterocycles. The molecule has 1 amide bonds. The van der Waals surface area contributed by atoms with Crippen molar-refractivity contribution in [2.75, 3.05) is 24.8 Å². The maximum absolute atomic E-state index is 13.2. The number of amides is 1. The van der Waals surface area contributed by atoms with E-state index in [1.165, 1.54) is 5.56 Å². The van der Waals surface area contributed by atoms with Crippen LogP contribution in [0.25, 0.3) is 0 Å². The van der Waals surface area contributed by atoms with Crippen molar-refractivity contribution in [2.24, 2.45) is 5.10 Å². The molecular weight excluding hydrogens is 509 g/mol. The number of carboxylic acids is 1. The molecule has 2 aromatic carbocycles. The van der Waals surface area contributed by atoms with Crippen molar-refractivity contribution in [1.29, 1.82) is 0 Å². The van der Waals surface area contributed by atoms with Crippen molar-refractivity contribution in [2.45, 2.75) is 45.2 Å². The van der Waals surface area contributed by atoms with Crippen LogP contribution >= 0.6 is 0 Å². The molecule has 34 heavy (non-hydrogen) atoms. The van der Waals surface area contributed by atoms with Crippen LogP contribution in [0.4, 0.5) is 5.69 Å². The zero-order chi connectivity index (χ0) is 23.4. The fraction of sp³-hybridized carbons (Fsp3) is 0.400. The molecule has 0 spiro atoms. The Kier molecular flexibility index (Phi) is 9.36. The van der Waals surface area contributed by atoms with Gasteiger partial charge in [0.05, 0.1) is 24.4 Å². The quantitative estimate of drug-likeness (QED) is 0.502. The van der Waals surface area contributed by atoms with Gasteiger partial charge in [0.2, 0.25) is 0 Å². The average molecular weight is 538 g/mol. The minimum Gasteiger partial charge on any atom is -0.480 e. The predicted octanol–water partition coefficient (Wildman–Crippen LogP) is 3.01. The Hall–Kier alpha value is -2.13. The number of hydrogen-bond acceptors (Lipinski definition) is 6. The van der Waals surface area contributed by atoms with Gasteiger partial charge < -0.3 is 9.84 Å². The van der Waals surface area contributed by atoms with Gasteiger partial charge in [-0.25, -0.2) is 9.80 Å². The summed E-state index contributed by atoms with van der Waals surface area (Å²) in [5, 5.41) is 17.3. The number of anilines is 1. The number of hydrazine groups is 1. The van der Waals surface area contributed by atoms with Crippen LogP contribution in [0.5, 0.6) is 0 Å². The van der Waals surface area contributed by atoms with Crippen molar-refractivity contribution in [3.63, 3.8) is 0 Å². The number of aryl methyl sites for hydroxylation is 2. The molecule has 4 rings (SSSR count). The molecule has 177 valence electrons. The summed E-state index contributed by atoms with van der Waals surface area (Å²) < 4.78 is 5.25. The van der Waals surface area contributed by atoms with Crippen LogP contribution in [0, 0.1) is 19.9 Å². The molecule has 2 atom stereocenters. The molecule has 2 unspecified atom stereocenters. The van der Waals surface area contributed by atoms with Gasteiger partial charge in [-0.1, -0.05) is 17.7 Å². The maximum Gasteiger partial charge on any atom is 0.329 e. The van der Waals surface area contributed by atoms with Crippen LogP contribution in [-0.2, 0) is 47.0 Å². The molecule has 9 heteroatoms. The number of rotatable bonds is 8. The van der Waals surface area contributed by atoms with E-state index in [2.05, 4.69) is 37.5 Å². The Morgan fingerprint density at radius 1 is 1.24 bits per heavy atom. The van der Waals surface area contributed by atoms with Gasteiger partial charge in [-0.05, 0) is 38.3 Å². The summed E-state index contributed by atoms with van der Waals surface area (Å²) in [4.78, 5) is 23.9. The van der Waals surface area contributed by atoms with Gasteiger partial charge in [0.25, 0.3) is 5.91 Å². The first-order valence-electron chi connectivity index (χ1n) is 11.2. The summed E-state index contributed by atoms with van der Waals surface area (Å²) >= 11 is 0. The number of nitrogens with zero attached hydrogens (tertiary/aromatic N) is 3. The number of nitrogens with one attached hydrogen (secondary N) is 1. The molecule has 0 bridgehead atoms. The number of carboxylic acid groups (broad SMARTS) is 1. The number of ether oxygens (including phenoxy) is 1. The number of carbonyl (C=O) groups excluding carboxylic acids is 1. The SMILES string of the molecule is Cc1ccc(N2N=C(C(=O)NN3CCCC3COCC(=O)O)CC2c2cc[c-]cc2)c(C)c1.[Y]. The van der Waals surface area contributed by atoms with Crippen LogP contribution in [0.15, 0.2) is 47.6 Å². The molecule has 2 heterocycles. The van der Waals surface area contributed by atoms with Crippen LogP contribution in [-0.4, -0.2) is 53.5 Å². The van der Waals surface area contributed by atoms with Gasteiger partial charge in [0.15, 0.2) is 0 Å². The first-order valence-corrected chi connectivity index (χ1v) is 11.2. The number of aliphatic carboxylic acids is 1. The molecule has 0 aromatic heterocycles. The first kappa shape index (κ1) is 26.5. The van der Waals surface area contributed by atoms with E-state index in [-0.39, 0.29) is 63.9 Å². The van der Waals surface area contributed by atoms with E-state index >= 15 is 0 Å². The summed E-state index contributed by atoms with van der Waals surface area (Å²) in [7, 11) is 0. The number of benzene rings is 2. The van der Waals surface area contributed by atoms with Gasteiger partial charge in [-0.15, -0.1) is 5.56 Å². The van der Waals surface area contributed by atoms with Gasteiger partial charge in [-0.3, -0.25) is 15.2 Å². The molecular formula is C25H29N4O4Y-. The van der Waals surface area contributed by atoms with Gasteiger partial charge in [0.1, 0.15) is 12.3 Å². The van der Waals surface area contributed by atoms with E-state index in [1.807, 2.05) is 40.3 Å². The van der Waals surface area contributed by atoms with Crippen LogP contribution < -0.4 is 10.4 Å². The molecule has 2 aromatic rings. The third-order valence-electron chi connectivity index (χ3n) is 6.06. The standard InChI is InChI=1S/C25H29N4O4.Y/c1-17-10-11-22(18(2)13-17)29-23(19-7-4-3-5-8-19)14-21(26-29)25(32)27-28-12-6-9-20(28)15-33-16-24(30)31;/h4-5,7-8,10-11,13,20,23H,6,9,12,14-16H2,1-2H3,(H,27,32)(H,30,31);/q-1;. The Labute approximate surface area is 225 Å². The van der Waals surface area contributed by atoms with E-state index in [0.717, 1.165) is 29.7 Å². The van der Waals surface area contributed by atoms with Crippen LogP contribution in [0.1, 0.15) is 42.0 Å². The van der Waals surface area contributed by atoms with Gasteiger partial charge in [0, 0.05) is 45.7 Å². The van der Waals surface area contributed by atoms with E-state index in [9.17, 15) is 9.59 Å². The molecule has 1 fully saturated rings. The number of carbonyl (C=O) groups is 2. The maximum atomic E-state index is 13.2. The van der Waals surface area contributed by atoms with Crippen molar-refractivity contribution >= 4 is 23.3 Å². The first-order chi connectivity index (χ1) is 15.9. The third-order valence-corrected chi connectivity index (χ3v) is 6.06. The monoisotopic (exact) mass is 538 g/mol. The summed E-state index contributed by atoms with van der Waals surface area (Å²) in [6.45, 7) is 4.72. The minimum atomic E-state index is -1.00. The van der Waals surface area contributed by atoms with E-state index in [1.54, 1.807) is 0 Å². The Morgan fingerprint density at radius 3 is 2.71 bits per heavy atom.